The lowest BCUT2D eigenvalue weighted by molar-refractivity contribution is -0.0381. The molecule has 1 fully saturated rings. The largest absolute Gasteiger partial charge is 0.388 e. The molecule has 5 N–H and O–H groups in total. The fourth-order valence-electron chi connectivity index (χ4n) is 2.99. The van der Waals surface area contributed by atoms with E-state index in [9.17, 15) is 14.8 Å². The first-order valence-corrected chi connectivity index (χ1v) is 10.2. The SMILES string of the molecule is CNc1nc(Cl)nn2c(C[C@H]3O[C@H](COCP(=O)(O)O)[C@@H](O)[C@H]3O)ccc12. The average Bonchev–Trinajstić information content (AvgIpc) is 3.10. The van der Waals surface area contributed by atoms with Crippen LogP contribution in [-0.2, 0) is 20.5 Å². The van der Waals surface area contributed by atoms with Crippen LogP contribution in [0.3, 0.4) is 0 Å². The van der Waals surface area contributed by atoms with Crippen LogP contribution in [0.1, 0.15) is 5.69 Å². The van der Waals surface area contributed by atoms with Gasteiger partial charge in [-0.25, -0.2) is 4.52 Å². The van der Waals surface area contributed by atoms with E-state index in [1.165, 1.54) is 0 Å². The van der Waals surface area contributed by atoms with Gasteiger partial charge in [-0.15, -0.1) is 5.10 Å². The van der Waals surface area contributed by atoms with Crippen LogP contribution in [0.4, 0.5) is 5.82 Å². The van der Waals surface area contributed by atoms with E-state index in [0.29, 0.717) is 17.0 Å². The molecule has 13 heteroatoms. The highest BCUT2D eigenvalue weighted by molar-refractivity contribution is 7.51. The molecule has 3 heterocycles. The number of fused-ring (bicyclic) bond motifs is 1. The minimum Gasteiger partial charge on any atom is -0.388 e. The van der Waals surface area contributed by atoms with E-state index in [-0.39, 0.29) is 18.3 Å². The molecule has 0 unspecified atom stereocenters. The molecule has 27 heavy (non-hydrogen) atoms. The standard InChI is InChI=1S/C14H20ClN4O7P/c1-16-13-8-3-2-7(19(8)18-14(15)17-13)4-9-11(20)12(21)10(26-9)5-25-6-27(22,23)24/h2-3,9-12,20-21H,4-6H2,1H3,(H,16,17,18)(H2,22,23,24)/t9-,10-,11+,12-/m1/s1. The lowest BCUT2D eigenvalue weighted by atomic mass is 10.0. The molecule has 0 saturated carbocycles. The molecular weight excluding hydrogens is 403 g/mol. The fraction of sp³-hybridized carbons (Fsp3) is 0.571. The van der Waals surface area contributed by atoms with E-state index in [0.717, 1.165) is 0 Å². The van der Waals surface area contributed by atoms with Crippen LogP contribution in [0.2, 0.25) is 5.28 Å². The summed E-state index contributed by atoms with van der Waals surface area (Å²) in [6.45, 7) is -0.257. The van der Waals surface area contributed by atoms with Gasteiger partial charge in [0.1, 0.15) is 30.2 Å². The van der Waals surface area contributed by atoms with Gasteiger partial charge in [0, 0.05) is 19.2 Å². The van der Waals surface area contributed by atoms with Crippen LogP contribution in [-0.4, -0.2) is 79.0 Å². The predicted octanol–water partition coefficient (Wildman–Crippen LogP) is -0.392. The van der Waals surface area contributed by atoms with Gasteiger partial charge in [-0.1, -0.05) is 0 Å². The molecule has 0 bridgehead atoms. The molecule has 2 aromatic rings. The second-order valence-electron chi connectivity index (χ2n) is 6.16. The zero-order valence-corrected chi connectivity index (χ0v) is 15.9. The first-order valence-electron chi connectivity index (χ1n) is 8.05. The van der Waals surface area contributed by atoms with Crippen molar-refractivity contribution in [2.75, 3.05) is 25.3 Å². The molecule has 11 nitrogen and oxygen atoms in total. The Morgan fingerprint density at radius 3 is 2.70 bits per heavy atom. The molecule has 3 rings (SSSR count). The Hall–Kier alpha value is -1.30. The molecule has 4 atom stereocenters. The van der Waals surface area contributed by atoms with Crippen molar-refractivity contribution in [1.29, 1.82) is 0 Å². The maximum Gasteiger partial charge on any atom is 0.350 e. The number of hydrogen-bond acceptors (Lipinski definition) is 8. The molecule has 0 aromatic carbocycles. The van der Waals surface area contributed by atoms with Crippen molar-refractivity contribution in [3.05, 3.63) is 23.1 Å². The van der Waals surface area contributed by atoms with Crippen molar-refractivity contribution < 1.29 is 34.0 Å². The Labute approximate surface area is 159 Å². The van der Waals surface area contributed by atoms with Crippen molar-refractivity contribution in [3.63, 3.8) is 0 Å². The van der Waals surface area contributed by atoms with E-state index < -0.39 is 38.4 Å². The lowest BCUT2D eigenvalue weighted by Gasteiger charge is -2.15. The molecule has 150 valence electrons. The van der Waals surface area contributed by atoms with Gasteiger partial charge in [-0.3, -0.25) is 4.57 Å². The van der Waals surface area contributed by atoms with Crippen molar-refractivity contribution in [1.82, 2.24) is 14.6 Å². The molecule has 1 aliphatic rings. The summed E-state index contributed by atoms with van der Waals surface area (Å²) in [6, 6.07) is 3.57. The van der Waals surface area contributed by atoms with Gasteiger partial charge in [0.2, 0.25) is 5.28 Å². The number of anilines is 1. The normalized spacial score (nSPS) is 26.0. The number of aliphatic hydroxyl groups excluding tert-OH is 2. The smallest absolute Gasteiger partial charge is 0.350 e. The number of hydrogen-bond donors (Lipinski definition) is 5. The number of nitrogens with one attached hydrogen (secondary N) is 1. The first-order chi connectivity index (χ1) is 12.7. The Kier molecular flexibility index (Phi) is 6.04. The van der Waals surface area contributed by atoms with E-state index >= 15 is 0 Å². The summed E-state index contributed by atoms with van der Waals surface area (Å²) >= 11 is 5.93. The Morgan fingerprint density at radius 1 is 1.33 bits per heavy atom. The van der Waals surface area contributed by atoms with E-state index in [4.69, 9.17) is 30.9 Å². The summed E-state index contributed by atoms with van der Waals surface area (Å²) in [5.74, 6) is 0.540. The third kappa shape index (κ3) is 4.58. The highest BCUT2D eigenvalue weighted by atomic mass is 35.5. The molecule has 0 radical (unpaired) electrons. The Morgan fingerprint density at radius 2 is 2.04 bits per heavy atom. The van der Waals surface area contributed by atoms with Gasteiger partial charge in [0.15, 0.2) is 5.82 Å². The molecule has 0 spiro atoms. The summed E-state index contributed by atoms with van der Waals surface area (Å²) in [4.78, 5) is 21.7. The Bertz CT molecular complexity index is 859. The minimum atomic E-state index is -4.32. The minimum absolute atomic E-state index is 0.0425. The number of ether oxygens (including phenoxy) is 2. The number of aromatic nitrogens is 3. The van der Waals surface area contributed by atoms with Crippen molar-refractivity contribution >= 4 is 30.5 Å². The average molecular weight is 423 g/mol. The number of halogens is 1. The van der Waals surface area contributed by atoms with Gasteiger partial charge in [-0.05, 0) is 23.7 Å². The van der Waals surface area contributed by atoms with Gasteiger partial charge in [0.25, 0.3) is 0 Å². The molecule has 0 amide bonds. The van der Waals surface area contributed by atoms with Gasteiger partial charge in [0.05, 0.1) is 12.7 Å². The van der Waals surface area contributed by atoms with E-state index in [1.807, 2.05) is 0 Å². The maximum absolute atomic E-state index is 10.8. The summed E-state index contributed by atoms with van der Waals surface area (Å²) in [5.41, 5.74) is 1.37. The third-order valence-electron chi connectivity index (χ3n) is 4.21. The van der Waals surface area contributed by atoms with Gasteiger partial charge in [-0.2, -0.15) is 4.98 Å². The Balaban J connectivity index is 1.71. The predicted molar refractivity (Wildman–Crippen MR) is 94.8 cm³/mol. The topological polar surface area (TPSA) is 159 Å². The zero-order valence-electron chi connectivity index (χ0n) is 14.3. The fourth-order valence-corrected chi connectivity index (χ4v) is 3.49. The summed E-state index contributed by atoms with van der Waals surface area (Å²) in [7, 11) is -2.61. The van der Waals surface area contributed by atoms with Crippen LogP contribution in [0.15, 0.2) is 12.1 Å². The summed E-state index contributed by atoms with van der Waals surface area (Å²) in [5, 5.41) is 27.5. The van der Waals surface area contributed by atoms with Gasteiger partial charge < -0.3 is 34.8 Å². The first kappa shape index (κ1) is 20.4. The second kappa shape index (κ2) is 7.98. The third-order valence-corrected chi connectivity index (χ3v) is 4.89. The molecule has 0 aliphatic carbocycles. The highest BCUT2D eigenvalue weighted by Crippen LogP contribution is 2.34. The number of rotatable bonds is 7. The van der Waals surface area contributed by atoms with Crippen molar-refractivity contribution in [2.45, 2.75) is 30.8 Å². The quantitative estimate of drug-likeness (QED) is 0.372. The number of aliphatic hydroxyl groups is 2. The molecule has 2 aromatic heterocycles. The second-order valence-corrected chi connectivity index (χ2v) is 8.09. The van der Waals surface area contributed by atoms with Crippen molar-refractivity contribution in [2.24, 2.45) is 0 Å². The van der Waals surface area contributed by atoms with Crippen LogP contribution >= 0.6 is 19.2 Å². The van der Waals surface area contributed by atoms with Crippen LogP contribution in [0.5, 0.6) is 0 Å². The van der Waals surface area contributed by atoms with E-state index in [1.54, 1.807) is 23.7 Å². The van der Waals surface area contributed by atoms with Crippen LogP contribution in [0, 0.1) is 0 Å². The lowest BCUT2D eigenvalue weighted by Crippen LogP contribution is -2.35. The monoisotopic (exact) mass is 422 g/mol. The summed E-state index contributed by atoms with van der Waals surface area (Å²) < 4.78 is 22.9. The number of nitrogens with zero attached hydrogens (tertiary/aromatic N) is 3. The van der Waals surface area contributed by atoms with Crippen molar-refractivity contribution in [3.8, 4) is 0 Å². The molecule has 1 saturated heterocycles. The van der Waals surface area contributed by atoms with Crippen LogP contribution < -0.4 is 5.32 Å². The maximum atomic E-state index is 10.8. The van der Waals surface area contributed by atoms with Crippen LogP contribution in [0.25, 0.3) is 5.52 Å². The zero-order chi connectivity index (χ0) is 19.8. The highest BCUT2D eigenvalue weighted by Gasteiger charge is 2.43. The van der Waals surface area contributed by atoms with E-state index in [2.05, 4.69) is 15.4 Å². The molecular formula is C14H20ClN4O7P. The van der Waals surface area contributed by atoms with Gasteiger partial charge >= 0.3 is 7.60 Å². The molecule has 1 aliphatic heterocycles. The summed E-state index contributed by atoms with van der Waals surface area (Å²) in [6.07, 6.45) is -4.67.